The summed E-state index contributed by atoms with van der Waals surface area (Å²) in [6, 6.07) is 15.1. The number of aromatic nitrogens is 1. The third-order valence-electron chi connectivity index (χ3n) is 5.51. The maximum Gasteiger partial charge on any atom is 0.223 e. The second-order valence-electron chi connectivity index (χ2n) is 7.87. The molecule has 136 valence electrons. The quantitative estimate of drug-likeness (QED) is 0.902. The number of benzene rings is 1. The highest BCUT2D eigenvalue weighted by Crippen LogP contribution is 2.32. The van der Waals surface area contributed by atoms with E-state index in [2.05, 4.69) is 58.5 Å². The Labute approximate surface area is 155 Å². The first-order valence-corrected chi connectivity index (χ1v) is 9.60. The molecule has 2 aromatic rings. The molecule has 4 rings (SSSR count). The zero-order valence-electron chi connectivity index (χ0n) is 15.6. The second kappa shape index (κ2) is 7.20. The summed E-state index contributed by atoms with van der Waals surface area (Å²) in [5.74, 6) is 0.826. The highest BCUT2D eigenvalue weighted by molar-refractivity contribution is 5.81. The van der Waals surface area contributed by atoms with Crippen molar-refractivity contribution in [1.82, 2.24) is 15.2 Å². The van der Waals surface area contributed by atoms with E-state index < -0.39 is 0 Å². The Morgan fingerprint density at radius 1 is 1.12 bits per heavy atom. The summed E-state index contributed by atoms with van der Waals surface area (Å²) in [7, 11) is 0. The van der Waals surface area contributed by atoms with Crippen molar-refractivity contribution in [3.05, 3.63) is 65.0 Å². The van der Waals surface area contributed by atoms with Gasteiger partial charge in [-0.2, -0.15) is 0 Å². The number of likely N-dealkylation sites (tertiary alicyclic amines) is 1. The van der Waals surface area contributed by atoms with Gasteiger partial charge in [0.1, 0.15) is 0 Å². The van der Waals surface area contributed by atoms with Crippen LogP contribution in [-0.4, -0.2) is 34.9 Å². The van der Waals surface area contributed by atoms with Crippen LogP contribution in [0.25, 0.3) is 0 Å². The summed E-state index contributed by atoms with van der Waals surface area (Å²) in [5.41, 5.74) is 4.74. The van der Waals surface area contributed by atoms with E-state index in [9.17, 15) is 4.79 Å². The zero-order chi connectivity index (χ0) is 18.1. The van der Waals surface area contributed by atoms with Crippen LogP contribution in [0.1, 0.15) is 41.3 Å². The van der Waals surface area contributed by atoms with Gasteiger partial charge < -0.3 is 5.32 Å². The highest BCUT2D eigenvalue weighted by Gasteiger charge is 2.38. The maximum atomic E-state index is 12.4. The maximum absolute atomic E-state index is 12.4. The average molecular weight is 349 g/mol. The topological polar surface area (TPSA) is 45.2 Å². The van der Waals surface area contributed by atoms with Crippen molar-refractivity contribution in [2.75, 3.05) is 13.1 Å². The van der Waals surface area contributed by atoms with Gasteiger partial charge in [0.2, 0.25) is 5.91 Å². The minimum Gasteiger partial charge on any atom is -0.351 e. The molecule has 1 aliphatic carbocycles. The second-order valence-corrected chi connectivity index (χ2v) is 7.87. The smallest absolute Gasteiger partial charge is 0.223 e. The van der Waals surface area contributed by atoms with Gasteiger partial charge in [0, 0.05) is 43.2 Å². The molecule has 1 saturated carbocycles. The lowest BCUT2D eigenvalue weighted by Gasteiger charge is -2.20. The first-order chi connectivity index (χ1) is 12.6. The Bertz CT molecular complexity index is 782. The van der Waals surface area contributed by atoms with E-state index in [1.54, 1.807) is 0 Å². The molecule has 4 nitrogen and oxygen atoms in total. The van der Waals surface area contributed by atoms with E-state index in [-0.39, 0.29) is 17.9 Å². The standard InChI is InChI=1S/C22H27N3O/c1-15-6-8-17(9-7-15)20-13-25(12-19-5-3-4-16(2)23-19)14-21(20)24-22(26)18-10-11-18/h3-9,18,20-21H,10-14H2,1-2H3,(H,24,26). The van der Waals surface area contributed by atoms with Crippen LogP contribution in [0.5, 0.6) is 0 Å². The normalized spacial score (nSPS) is 23.2. The lowest BCUT2D eigenvalue weighted by molar-refractivity contribution is -0.123. The number of hydrogen-bond donors (Lipinski definition) is 1. The molecule has 4 heteroatoms. The van der Waals surface area contributed by atoms with Crippen LogP contribution < -0.4 is 5.32 Å². The van der Waals surface area contributed by atoms with Crippen LogP contribution >= 0.6 is 0 Å². The van der Waals surface area contributed by atoms with Gasteiger partial charge in [-0.25, -0.2) is 0 Å². The van der Waals surface area contributed by atoms with Crippen molar-refractivity contribution in [2.45, 2.75) is 45.2 Å². The van der Waals surface area contributed by atoms with Crippen LogP contribution in [0.15, 0.2) is 42.5 Å². The van der Waals surface area contributed by atoms with E-state index >= 15 is 0 Å². The number of nitrogens with one attached hydrogen (secondary N) is 1. The molecular weight excluding hydrogens is 322 g/mol. The third-order valence-corrected chi connectivity index (χ3v) is 5.51. The first-order valence-electron chi connectivity index (χ1n) is 9.60. The number of rotatable bonds is 5. The molecule has 26 heavy (non-hydrogen) atoms. The molecule has 1 aromatic carbocycles. The summed E-state index contributed by atoms with van der Waals surface area (Å²) < 4.78 is 0. The molecule has 2 heterocycles. The molecule has 2 atom stereocenters. The number of carbonyl (C=O) groups is 1. The van der Waals surface area contributed by atoms with Crippen molar-refractivity contribution in [2.24, 2.45) is 5.92 Å². The first kappa shape index (κ1) is 17.2. The summed E-state index contributed by atoms with van der Waals surface area (Å²) in [6.07, 6.45) is 2.09. The Morgan fingerprint density at radius 2 is 1.88 bits per heavy atom. The van der Waals surface area contributed by atoms with Crippen molar-refractivity contribution >= 4 is 5.91 Å². The fraction of sp³-hybridized carbons (Fsp3) is 0.455. The van der Waals surface area contributed by atoms with Crippen molar-refractivity contribution in [3.63, 3.8) is 0 Å². The Hall–Kier alpha value is -2.20. The Kier molecular flexibility index (Phi) is 4.77. The van der Waals surface area contributed by atoms with Gasteiger partial charge in [-0.15, -0.1) is 0 Å². The monoisotopic (exact) mass is 349 g/mol. The largest absolute Gasteiger partial charge is 0.351 e. The van der Waals surface area contributed by atoms with Crippen LogP contribution in [0.3, 0.4) is 0 Å². The molecule has 0 radical (unpaired) electrons. The third kappa shape index (κ3) is 3.96. The van der Waals surface area contributed by atoms with Crippen molar-refractivity contribution < 1.29 is 4.79 Å². The van der Waals surface area contributed by atoms with E-state index in [0.717, 1.165) is 43.9 Å². The van der Waals surface area contributed by atoms with Crippen LogP contribution in [0, 0.1) is 19.8 Å². The zero-order valence-corrected chi connectivity index (χ0v) is 15.6. The lowest BCUT2D eigenvalue weighted by atomic mass is 9.93. The number of amides is 1. The van der Waals surface area contributed by atoms with Gasteiger partial charge in [-0.05, 0) is 44.4 Å². The highest BCUT2D eigenvalue weighted by atomic mass is 16.2. The number of nitrogens with zero attached hydrogens (tertiary/aromatic N) is 2. The predicted octanol–water partition coefficient (Wildman–Crippen LogP) is 3.19. The minimum atomic E-state index is 0.176. The van der Waals surface area contributed by atoms with E-state index in [4.69, 9.17) is 0 Å². The number of aryl methyl sites for hydroxylation is 2. The van der Waals surface area contributed by atoms with Crippen LogP contribution in [0.2, 0.25) is 0 Å². The van der Waals surface area contributed by atoms with Gasteiger partial charge in [-0.1, -0.05) is 35.9 Å². The molecule has 1 aromatic heterocycles. The minimum absolute atomic E-state index is 0.176. The molecule has 1 amide bonds. The SMILES string of the molecule is Cc1ccc(C2CN(Cc3cccc(C)n3)CC2NC(=O)C2CC2)cc1. The number of hydrogen-bond acceptors (Lipinski definition) is 3. The number of pyridine rings is 1. The van der Waals surface area contributed by atoms with Gasteiger partial charge in [0.25, 0.3) is 0 Å². The molecule has 0 spiro atoms. The average Bonchev–Trinajstić information content (AvgIpc) is 3.39. The summed E-state index contributed by atoms with van der Waals surface area (Å²) in [5, 5.41) is 3.33. The van der Waals surface area contributed by atoms with Gasteiger partial charge in [0.15, 0.2) is 0 Å². The summed E-state index contributed by atoms with van der Waals surface area (Å²) in [6.45, 7) is 6.81. The van der Waals surface area contributed by atoms with Gasteiger partial charge >= 0.3 is 0 Å². The molecular formula is C22H27N3O. The van der Waals surface area contributed by atoms with E-state index in [1.165, 1.54) is 11.1 Å². The lowest BCUT2D eigenvalue weighted by Crippen LogP contribution is -2.40. The summed E-state index contributed by atoms with van der Waals surface area (Å²) in [4.78, 5) is 19.4. The van der Waals surface area contributed by atoms with Crippen molar-refractivity contribution in [3.8, 4) is 0 Å². The van der Waals surface area contributed by atoms with E-state index in [1.807, 2.05) is 13.0 Å². The molecule has 2 fully saturated rings. The Morgan fingerprint density at radius 3 is 2.58 bits per heavy atom. The Balaban J connectivity index is 1.51. The molecule has 1 aliphatic heterocycles. The van der Waals surface area contributed by atoms with Crippen LogP contribution in [0.4, 0.5) is 0 Å². The van der Waals surface area contributed by atoms with E-state index in [0.29, 0.717) is 5.92 Å². The molecule has 1 saturated heterocycles. The molecule has 2 unspecified atom stereocenters. The van der Waals surface area contributed by atoms with Gasteiger partial charge in [0.05, 0.1) is 5.69 Å². The molecule has 1 N–H and O–H groups in total. The van der Waals surface area contributed by atoms with Crippen LogP contribution in [-0.2, 0) is 11.3 Å². The number of carbonyl (C=O) groups excluding carboxylic acids is 1. The van der Waals surface area contributed by atoms with Gasteiger partial charge in [-0.3, -0.25) is 14.7 Å². The fourth-order valence-electron chi connectivity index (χ4n) is 3.87. The fourth-order valence-corrected chi connectivity index (χ4v) is 3.87. The van der Waals surface area contributed by atoms with Crippen molar-refractivity contribution in [1.29, 1.82) is 0 Å². The molecule has 0 bridgehead atoms. The predicted molar refractivity (Wildman–Crippen MR) is 103 cm³/mol. The molecule has 2 aliphatic rings. The summed E-state index contributed by atoms with van der Waals surface area (Å²) >= 11 is 0.